The van der Waals surface area contributed by atoms with Crippen LogP contribution in [0.15, 0.2) is 24.5 Å². The van der Waals surface area contributed by atoms with Gasteiger partial charge in [-0.15, -0.1) is 0 Å². The van der Waals surface area contributed by atoms with Crippen LogP contribution < -0.4 is 10.6 Å². The number of likely N-dealkylation sites (tertiary alicyclic amines) is 1. The molecule has 0 aliphatic carbocycles. The molecular formula is C20H23F2N5O2. The number of nitriles is 1. The van der Waals surface area contributed by atoms with E-state index in [1.165, 1.54) is 6.20 Å². The zero-order valence-electron chi connectivity index (χ0n) is 15.9. The molecule has 2 amide bonds. The second-order valence-electron chi connectivity index (χ2n) is 7.32. The molecule has 0 bridgehead atoms. The van der Waals surface area contributed by atoms with Crippen molar-refractivity contribution in [1.29, 1.82) is 5.26 Å². The van der Waals surface area contributed by atoms with Crippen LogP contribution in [0.2, 0.25) is 0 Å². The lowest BCUT2D eigenvalue weighted by atomic mass is 9.96. The molecule has 29 heavy (non-hydrogen) atoms. The van der Waals surface area contributed by atoms with Crippen LogP contribution >= 0.6 is 0 Å². The molecule has 1 atom stereocenters. The molecule has 1 unspecified atom stereocenters. The summed E-state index contributed by atoms with van der Waals surface area (Å²) in [5, 5.41) is 14.8. The van der Waals surface area contributed by atoms with Gasteiger partial charge in [0.25, 0.3) is 11.8 Å². The minimum absolute atomic E-state index is 0.349. The van der Waals surface area contributed by atoms with Gasteiger partial charge in [-0.25, -0.2) is 8.78 Å². The van der Waals surface area contributed by atoms with Gasteiger partial charge in [0.2, 0.25) is 5.91 Å². The Bertz CT molecular complexity index is 830. The topological polar surface area (TPSA) is 98.1 Å². The van der Waals surface area contributed by atoms with Crippen molar-refractivity contribution in [2.75, 3.05) is 26.2 Å². The predicted octanol–water partition coefficient (Wildman–Crippen LogP) is 1.58. The zero-order chi connectivity index (χ0) is 20.9. The predicted molar refractivity (Wildman–Crippen MR) is 102 cm³/mol. The fourth-order valence-electron chi connectivity index (χ4n) is 3.57. The number of hydrogen-bond donors (Lipinski definition) is 2. The summed E-state index contributed by atoms with van der Waals surface area (Å²) in [6, 6.07) is 2.08. The second-order valence-corrected chi connectivity index (χ2v) is 7.32. The first-order chi connectivity index (χ1) is 13.9. The Morgan fingerprint density at radius 3 is 2.90 bits per heavy atom. The maximum absolute atomic E-state index is 13.5. The van der Waals surface area contributed by atoms with E-state index in [1.54, 1.807) is 18.3 Å². The summed E-state index contributed by atoms with van der Waals surface area (Å²) in [4.78, 5) is 29.7. The summed E-state index contributed by atoms with van der Waals surface area (Å²) >= 11 is 0. The minimum Gasteiger partial charge on any atom is -0.343 e. The number of hydrogen-bond acceptors (Lipinski definition) is 5. The maximum Gasteiger partial charge on any atom is 0.268 e. The zero-order valence-corrected chi connectivity index (χ0v) is 15.9. The highest BCUT2D eigenvalue weighted by Crippen LogP contribution is 2.31. The van der Waals surface area contributed by atoms with Crippen molar-refractivity contribution in [2.24, 2.45) is 5.92 Å². The van der Waals surface area contributed by atoms with Crippen LogP contribution in [0.25, 0.3) is 6.08 Å². The summed E-state index contributed by atoms with van der Waals surface area (Å²) in [5.41, 5.74) is 0.972. The number of nitrogens with zero attached hydrogens (tertiary/aromatic N) is 3. The Hall–Kier alpha value is -2.86. The van der Waals surface area contributed by atoms with Gasteiger partial charge >= 0.3 is 0 Å². The number of halogens is 2. The summed E-state index contributed by atoms with van der Waals surface area (Å²) in [6.45, 7) is 0.653. The molecule has 3 rings (SSSR count). The van der Waals surface area contributed by atoms with E-state index in [-0.39, 0.29) is 0 Å². The van der Waals surface area contributed by atoms with E-state index >= 15 is 0 Å². The van der Waals surface area contributed by atoms with Crippen LogP contribution in [0.1, 0.15) is 35.2 Å². The summed E-state index contributed by atoms with van der Waals surface area (Å²) in [7, 11) is 0. The molecule has 154 valence electrons. The van der Waals surface area contributed by atoms with Gasteiger partial charge in [0.15, 0.2) is 0 Å². The van der Waals surface area contributed by atoms with Crippen LogP contribution in [-0.4, -0.2) is 59.8 Å². The van der Waals surface area contributed by atoms with Crippen molar-refractivity contribution in [2.45, 2.75) is 31.2 Å². The lowest BCUT2D eigenvalue weighted by Gasteiger charge is -2.20. The number of piperidine rings is 1. The molecule has 0 aromatic carbocycles. The van der Waals surface area contributed by atoms with Crippen molar-refractivity contribution in [1.82, 2.24) is 20.5 Å². The van der Waals surface area contributed by atoms with Gasteiger partial charge < -0.3 is 15.5 Å². The third-order valence-corrected chi connectivity index (χ3v) is 5.17. The number of carbonyl (C=O) groups excluding carboxylic acids is 2. The monoisotopic (exact) mass is 403 g/mol. The van der Waals surface area contributed by atoms with Gasteiger partial charge in [-0.2, -0.15) is 5.26 Å². The van der Waals surface area contributed by atoms with Gasteiger partial charge in [0.1, 0.15) is 6.04 Å². The van der Waals surface area contributed by atoms with E-state index in [1.807, 2.05) is 6.08 Å². The van der Waals surface area contributed by atoms with E-state index in [9.17, 15) is 18.4 Å². The molecular weight excluding hydrogens is 380 g/mol. The first-order valence-corrected chi connectivity index (χ1v) is 9.58. The number of alkyl halides is 2. The molecule has 0 spiro atoms. The Morgan fingerprint density at radius 2 is 2.17 bits per heavy atom. The molecule has 3 heterocycles. The number of carbonyl (C=O) groups is 2. The van der Waals surface area contributed by atoms with Gasteiger partial charge in [-0.1, -0.05) is 12.2 Å². The average molecular weight is 403 g/mol. The molecule has 2 aliphatic rings. The number of nitrogens with one attached hydrogen (secondary N) is 2. The van der Waals surface area contributed by atoms with Crippen molar-refractivity contribution < 1.29 is 18.4 Å². The fourth-order valence-corrected chi connectivity index (χ4v) is 3.57. The van der Waals surface area contributed by atoms with E-state index in [0.717, 1.165) is 30.8 Å². The average Bonchev–Trinajstić information content (AvgIpc) is 3.06. The number of rotatable bonds is 5. The lowest BCUT2D eigenvalue weighted by molar-refractivity contribution is -0.131. The molecule has 0 saturated carbocycles. The van der Waals surface area contributed by atoms with Gasteiger partial charge in [-0.3, -0.25) is 14.6 Å². The number of amides is 2. The minimum atomic E-state index is -3.09. The number of aromatic nitrogens is 1. The maximum atomic E-state index is 13.5. The third kappa shape index (κ3) is 5.35. The van der Waals surface area contributed by atoms with Crippen LogP contribution in [0.5, 0.6) is 0 Å². The molecule has 1 aromatic heterocycles. The quantitative estimate of drug-likeness (QED) is 0.778. The first-order valence-electron chi connectivity index (χ1n) is 9.58. The smallest absolute Gasteiger partial charge is 0.268 e. The van der Waals surface area contributed by atoms with E-state index < -0.39 is 43.3 Å². The SMILES string of the molecule is N#CC1CC(F)(F)CN1C(=O)CNC(=O)c1ccncc1/C=C/C1CCNCC1. The van der Waals surface area contributed by atoms with Crippen LogP contribution in [0.4, 0.5) is 8.78 Å². The highest BCUT2D eigenvalue weighted by molar-refractivity contribution is 5.99. The molecule has 2 saturated heterocycles. The Morgan fingerprint density at radius 1 is 1.41 bits per heavy atom. The molecule has 0 radical (unpaired) electrons. The van der Waals surface area contributed by atoms with E-state index in [2.05, 4.69) is 21.7 Å². The van der Waals surface area contributed by atoms with Crippen LogP contribution in [0.3, 0.4) is 0 Å². The highest BCUT2D eigenvalue weighted by Gasteiger charge is 2.47. The number of pyridine rings is 1. The van der Waals surface area contributed by atoms with Gasteiger partial charge in [-0.05, 0) is 37.9 Å². The molecule has 1 aromatic rings. The van der Waals surface area contributed by atoms with Crippen LogP contribution in [0, 0.1) is 17.2 Å². The summed E-state index contributed by atoms with van der Waals surface area (Å²) < 4.78 is 27.0. The first kappa shape index (κ1) is 20.9. The fraction of sp³-hybridized carbons (Fsp3) is 0.500. The molecule has 2 fully saturated rings. The standard InChI is InChI=1S/C20H23F2N5O2/c21-20(22)9-16(10-23)27(13-20)18(28)12-26-19(29)17-5-8-25-11-15(17)2-1-14-3-6-24-7-4-14/h1-2,5,8,11,14,16,24H,3-4,6-7,9,12-13H2,(H,26,29)/b2-1+. The van der Waals surface area contributed by atoms with Crippen molar-refractivity contribution >= 4 is 17.9 Å². The van der Waals surface area contributed by atoms with E-state index in [0.29, 0.717) is 17.0 Å². The number of allylic oxidation sites excluding steroid dienone is 1. The van der Waals surface area contributed by atoms with E-state index in [4.69, 9.17) is 5.26 Å². The molecule has 2 N–H and O–H groups in total. The molecule has 2 aliphatic heterocycles. The largest absolute Gasteiger partial charge is 0.343 e. The third-order valence-electron chi connectivity index (χ3n) is 5.17. The Balaban J connectivity index is 1.62. The van der Waals surface area contributed by atoms with Crippen LogP contribution in [-0.2, 0) is 4.79 Å². The summed E-state index contributed by atoms with van der Waals surface area (Å²) in [5.74, 6) is -3.86. The Kier molecular flexibility index (Phi) is 6.54. The normalized spacial score (nSPS) is 21.8. The molecule has 7 nitrogen and oxygen atoms in total. The van der Waals surface area contributed by atoms with Gasteiger partial charge in [0.05, 0.1) is 19.2 Å². The summed E-state index contributed by atoms with van der Waals surface area (Å²) in [6.07, 6.45) is 8.32. The van der Waals surface area contributed by atoms with Crippen molar-refractivity contribution in [3.63, 3.8) is 0 Å². The van der Waals surface area contributed by atoms with Crippen molar-refractivity contribution in [3.05, 3.63) is 35.7 Å². The van der Waals surface area contributed by atoms with Gasteiger partial charge in [0, 0.05) is 29.9 Å². The second kappa shape index (κ2) is 9.09. The highest BCUT2D eigenvalue weighted by atomic mass is 19.3. The molecule has 9 heteroatoms. The Labute approximate surface area is 167 Å². The lowest BCUT2D eigenvalue weighted by Crippen LogP contribution is -2.43. The van der Waals surface area contributed by atoms with Crippen molar-refractivity contribution in [3.8, 4) is 6.07 Å².